The van der Waals surface area contributed by atoms with Crippen LogP contribution in [-0.4, -0.2) is 15.9 Å². The molecule has 2 aromatic carbocycles. The van der Waals surface area contributed by atoms with Gasteiger partial charge in [0, 0.05) is 17.8 Å². The largest absolute Gasteiger partial charge is 0.332 e. The van der Waals surface area contributed by atoms with Crippen LogP contribution >= 0.6 is 23.8 Å². The second kappa shape index (κ2) is 8.73. The van der Waals surface area contributed by atoms with Crippen molar-refractivity contribution in [1.82, 2.24) is 5.32 Å². The zero-order valence-corrected chi connectivity index (χ0v) is 15.9. The van der Waals surface area contributed by atoms with Gasteiger partial charge in [0.05, 0.1) is 15.5 Å². The van der Waals surface area contributed by atoms with Gasteiger partial charge in [-0.15, -0.1) is 0 Å². The van der Waals surface area contributed by atoms with Crippen LogP contribution in [-0.2, 0) is 0 Å². The monoisotopic (exact) mass is 391 g/mol. The quantitative estimate of drug-likeness (QED) is 0.430. The number of halogens is 1. The van der Waals surface area contributed by atoms with Gasteiger partial charge in [-0.05, 0) is 42.3 Å². The summed E-state index contributed by atoms with van der Waals surface area (Å²) in [5.74, 6) is -0.291. The average molecular weight is 392 g/mol. The number of rotatable bonds is 5. The summed E-state index contributed by atoms with van der Waals surface area (Å²) in [6.07, 6.45) is 0.959. The van der Waals surface area contributed by atoms with Crippen LogP contribution in [0.5, 0.6) is 0 Å². The molecule has 26 heavy (non-hydrogen) atoms. The number of nitrogens with zero attached hydrogens (tertiary/aromatic N) is 1. The molecule has 0 saturated carbocycles. The number of amides is 1. The Morgan fingerprint density at radius 1 is 1.31 bits per heavy atom. The summed E-state index contributed by atoms with van der Waals surface area (Å²) in [5.41, 5.74) is 1.65. The Morgan fingerprint density at radius 3 is 2.65 bits per heavy atom. The maximum absolute atomic E-state index is 12.4. The lowest BCUT2D eigenvalue weighted by molar-refractivity contribution is -0.384. The molecular weight excluding hydrogens is 374 g/mol. The molecule has 0 saturated heterocycles. The minimum Gasteiger partial charge on any atom is -0.332 e. The van der Waals surface area contributed by atoms with Crippen LogP contribution in [0, 0.1) is 10.1 Å². The van der Waals surface area contributed by atoms with E-state index in [9.17, 15) is 14.9 Å². The number of carbonyl (C=O) groups is 1. The van der Waals surface area contributed by atoms with Gasteiger partial charge in [0.2, 0.25) is 0 Å². The Hall–Kier alpha value is -2.51. The van der Waals surface area contributed by atoms with Crippen molar-refractivity contribution in [2.75, 3.05) is 5.32 Å². The van der Waals surface area contributed by atoms with E-state index in [0.717, 1.165) is 23.7 Å². The van der Waals surface area contributed by atoms with E-state index in [2.05, 4.69) is 24.5 Å². The lowest BCUT2D eigenvalue weighted by atomic mass is 9.97. The number of thiocarbonyl (C=S) groups is 1. The van der Waals surface area contributed by atoms with Crippen molar-refractivity contribution in [3.63, 3.8) is 0 Å². The van der Waals surface area contributed by atoms with Crippen molar-refractivity contribution in [2.24, 2.45) is 0 Å². The van der Waals surface area contributed by atoms with Crippen LogP contribution in [0.15, 0.2) is 42.5 Å². The maximum Gasteiger partial charge on any atom is 0.270 e. The SMILES string of the molecule is CCC(C)c1ccccc1NC(=S)NC(=O)c1cc([N+](=O)[O-])ccc1Cl. The second-order valence-electron chi connectivity index (χ2n) is 5.73. The first-order valence-electron chi connectivity index (χ1n) is 7.98. The minimum atomic E-state index is -0.614. The van der Waals surface area contributed by atoms with Crippen LogP contribution in [0.2, 0.25) is 5.02 Å². The van der Waals surface area contributed by atoms with Crippen molar-refractivity contribution in [3.8, 4) is 0 Å². The third kappa shape index (κ3) is 4.77. The molecule has 1 atom stereocenters. The maximum atomic E-state index is 12.4. The van der Waals surface area contributed by atoms with E-state index in [0.29, 0.717) is 5.92 Å². The summed E-state index contributed by atoms with van der Waals surface area (Å²) in [6.45, 7) is 4.19. The first-order chi connectivity index (χ1) is 12.3. The molecule has 0 aromatic heterocycles. The highest BCUT2D eigenvalue weighted by atomic mass is 35.5. The molecule has 8 heteroatoms. The van der Waals surface area contributed by atoms with Gasteiger partial charge in [-0.25, -0.2) is 0 Å². The third-order valence-corrected chi connectivity index (χ3v) is 4.52. The molecular formula is C18H18ClN3O3S. The number of anilines is 1. The summed E-state index contributed by atoms with van der Waals surface area (Å²) >= 11 is 11.2. The molecule has 136 valence electrons. The fourth-order valence-electron chi connectivity index (χ4n) is 2.39. The summed E-state index contributed by atoms with van der Waals surface area (Å²) in [7, 11) is 0. The molecule has 1 unspecified atom stereocenters. The van der Waals surface area contributed by atoms with E-state index in [1.807, 2.05) is 24.3 Å². The molecule has 2 N–H and O–H groups in total. The van der Waals surface area contributed by atoms with Gasteiger partial charge in [0.25, 0.3) is 11.6 Å². The highest BCUT2D eigenvalue weighted by Gasteiger charge is 2.17. The number of para-hydroxylation sites is 1. The van der Waals surface area contributed by atoms with E-state index >= 15 is 0 Å². The zero-order valence-electron chi connectivity index (χ0n) is 14.3. The minimum absolute atomic E-state index is 0.0137. The number of non-ortho nitro benzene ring substituents is 1. The van der Waals surface area contributed by atoms with Crippen LogP contribution in [0.1, 0.15) is 42.1 Å². The Kier molecular flexibility index (Phi) is 6.65. The lowest BCUT2D eigenvalue weighted by Crippen LogP contribution is -2.34. The molecule has 0 heterocycles. The molecule has 0 aliphatic carbocycles. The fraction of sp³-hybridized carbons (Fsp3) is 0.222. The highest BCUT2D eigenvalue weighted by Crippen LogP contribution is 2.26. The van der Waals surface area contributed by atoms with Crippen LogP contribution in [0.3, 0.4) is 0 Å². The normalized spacial score (nSPS) is 11.5. The molecule has 0 spiro atoms. The first kappa shape index (κ1) is 19.8. The molecule has 0 aliphatic rings. The smallest absolute Gasteiger partial charge is 0.270 e. The molecule has 2 rings (SSSR count). The highest BCUT2D eigenvalue weighted by molar-refractivity contribution is 7.80. The number of nitrogens with one attached hydrogen (secondary N) is 2. The predicted octanol–water partition coefficient (Wildman–Crippen LogP) is 4.89. The van der Waals surface area contributed by atoms with Crippen molar-refractivity contribution >= 4 is 46.2 Å². The van der Waals surface area contributed by atoms with Gasteiger partial charge in [0.15, 0.2) is 5.11 Å². The number of carbonyl (C=O) groups excluding carboxylic acids is 1. The number of hydrogen-bond acceptors (Lipinski definition) is 4. The summed E-state index contributed by atoms with van der Waals surface area (Å²) in [5, 5.41) is 16.6. The first-order valence-corrected chi connectivity index (χ1v) is 8.77. The Bertz CT molecular complexity index is 857. The standard InChI is InChI=1S/C18H18ClN3O3S/c1-3-11(2)13-6-4-5-7-16(13)20-18(26)21-17(23)14-10-12(22(24)25)8-9-15(14)19/h4-11H,3H2,1-2H3,(H2,20,21,23,26). The molecule has 2 aromatic rings. The predicted molar refractivity (Wildman–Crippen MR) is 107 cm³/mol. The summed E-state index contributed by atoms with van der Waals surface area (Å²) in [6, 6.07) is 11.3. The van der Waals surface area contributed by atoms with Gasteiger partial charge >= 0.3 is 0 Å². The molecule has 0 aliphatic heterocycles. The Morgan fingerprint density at radius 2 is 2.00 bits per heavy atom. The van der Waals surface area contributed by atoms with E-state index < -0.39 is 10.8 Å². The zero-order chi connectivity index (χ0) is 19.3. The van der Waals surface area contributed by atoms with Crippen molar-refractivity contribution < 1.29 is 9.72 Å². The van der Waals surface area contributed by atoms with Crippen molar-refractivity contribution in [3.05, 3.63) is 68.7 Å². The number of nitro benzene ring substituents is 1. The Balaban J connectivity index is 2.15. The fourth-order valence-corrected chi connectivity index (χ4v) is 2.79. The van der Waals surface area contributed by atoms with E-state index in [-0.39, 0.29) is 21.4 Å². The Labute approximate surface area is 161 Å². The topological polar surface area (TPSA) is 84.3 Å². The summed E-state index contributed by atoms with van der Waals surface area (Å²) in [4.78, 5) is 22.7. The van der Waals surface area contributed by atoms with Crippen LogP contribution in [0.4, 0.5) is 11.4 Å². The molecule has 1 amide bonds. The van der Waals surface area contributed by atoms with Crippen LogP contribution < -0.4 is 10.6 Å². The van der Waals surface area contributed by atoms with E-state index in [1.54, 1.807) is 0 Å². The van der Waals surface area contributed by atoms with Gasteiger partial charge < -0.3 is 5.32 Å². The summed E-state index contributed by atoms with van der Waals surface area (Å²) < 4.78 is 0. The van der Waals surface area contributed by atoms with Crippen LogP contribution in [0.25, 0.3) is 0 Å². The third-order valence-electron chi connectivity index (χ3n) is 3.98. The molecule has 0 fully saturated rings. The molecule has 0 bridgehead atoms. The van der Waals surface area contributed by atoms with E-state index in [1.165, 1.54) is 12.1 Å². The van der Waals surface area contributed by atoms with Gasteiger partial charge in [-0.1, -0.05) is 43.6 Å². The average Bonchev–Trinajstić information content (AvgIpc) is 2.61. The van der Waals surface area contributed by atoms with Gasteiger partial charge in [-0.2, -0.15) is 0 Å². The van der Waals surface area contributed by atoms with E-state index in [4.69, 9.17) is 23.8 Å². The van der Waals surface area contributed by atoms with Gasteiger partial charge in [0.1, 0.15) is 0 Å². The van der Waals surface area contributed by atoms with Crippen molar-refractivity contribution in [1.29, 1.82) is 0 Å². The molecule has 6 nitrogen and oxygen atoms in total. The van der Waals surface area contributed by atoms with Crippen molar-refractivity contribution in [2.45, 2.75) is 26.2 Å². The lowest BCUT2D eigenvalue weighted by Gasteiger charge is -2.17. The van der Waals surface area contributed by atoms with Gasteiger partial charge in [-0.3, -0.25) is 20.2 Å². The molecule has 0 radical (unpaired) electrons. The number of nitro groups is 1. The number of hydrogen-bond donors (Lipinski definition) is 2. The second-order valence-corrected chi connectivity index (χ2v) is 6.54. The number of benzene rings is 2.